The van der Waals surface area contributed by atoms with Crippen LogP contribution in [-0.4, -0.2) is 14.9 Å². The summed E-state index contributed by atoms with van der Waals surface area (Å²) in [6.07, 6.45) is 2.20. The van der Waals surface area contributed by atoms with Gasteiger partial charge in [0.05, 0.1) is 6.20 Å². The van der Waals surface area contributed by atoms with Gasteiger partial charge >= 0.3 is 0 Å². The first-order valence-corrected chi connectivity index (χ1v) is 5.33. The molecule has 0 saturated heterocycles. The highest BCUT2D eigenvalue weighted by Crippen LogP contribution is 2.35. The van der Waals surface area contributed by atoms with Gasteiger partial charge in [0.2, 0.25) is 0 Å². The lowest BCUT2D eigenvalue weighted by Gasteiger charge is -2.07. The Kier molecular flexibility index (Phi) is 2.75. The van der Waals surface area contributed by atoms with Crippen molar-refractivity contribution in [2.24, 2.45) is 7.05 Å². The first kappa shape index (κ1) is 11.4. The van der Waals surface area contributed by atoms with Crippen molar-refractivity contribution < 1.29 is 9.50 Å². The molecule has 0 aliphatic carbocycles. The van der Waals surface area contributed by atoms with Crippen LogP contribution in [0.15, 0.2) is 18.3 Å². The molecule has 17 heavy (non-hydrogen) atoms. The van der Waals surface area contributed by atoms with E-state index in [0.717, 1.165) is 5.56 Å². The van der Waals surface area contributed by atoms with Gasteiger partial charge in [-0.2, -0.15) is 5.10 Å². The number of aromatic nitrogens is 2. The van der Waals surface area contributed by atoms with Crippen LogP contribution in [0.4, 0.5) is 10.2 Å². The predicted octanol–water partition coefficient (Wildman–Crippen LogP) is 2.08. The molecule has 2 aromatic rings. The van der Waals surface area contributed by atoms with Gasteiger partial charge in [-0.05, 0) is 24.1 Å². The molecule has 0 aliphatic heterocycles. The highest BCUT2D eigenvalue weighted by atomic mass is 19.1. The molecule has 0 aliphatic rings. The molecule has 3 N–H and O–H groups in total. The van der Waals surface area contributed by atoms with Gasteiger partial charge in [-0.1, -0.05) is 6.92 Å². The number of benzene rings is 1. The number of phenolic OH excluding ortho intramolecular Hbond substituents is 1. The van der Waals surface area contributed by atoms with E-state index in [1.54, 1.807) is 13.1 Å². The van der Waals surface area contributed by atoms with Crippen LogP contribution in [0, 0.1) is 5.82 Å². The van der Waals surface area contributed by atoms with Gasteiger partial charge in [0, 0.05) is 18.2 Å². The minimum atomic E-state index is -0.636. The fourth-order valence-corrected chi connectivity index (χ4v) is 1.72. The molecule has 1 aromatic carbocycles. The standard InChI is InChI=1S/C12H14FN3O/c1-3-7-4-8(11(17)10(13)5-7)9-6-15-16(2)12(9)14/h4-6,17H,3,14H2,1-2H3. The molecule has 1 aromatic heterocycles. The summed E-state index contributed by atoms with van der Waals surface area (Å²) in [6.45, 7) is 1.92. The Morgan fingerprint density at radius 2 is 2.12 bits per heavy atom. The quantitative estimate of drug-likeness (QED) is 0.837. The topological polar surface area (TPSA) is 64.1 Å². The number of anilines is 1. The number of hydrogen-bond acceptors (Lipinski definition) is 3. The van der Waals surface area contributed by atoms with Gasteiger partial charge in [-0.15, -0.1) is 0 Å². The summed E-state index contributed by atoms with van der Waals surface area (Å²) in [7, 11) is 1.69. The van der Waals surface area contributed by atoms with E-state index in [1.807, 2.05) is 6.92 Å². The molecule has 0 spiro atoms. The largest absolute Gasteiger partial charge is 0.504 e. The van der Waals surface area contributed by atoms with Crippen LogP contribution in [-0.2, 0) is 13.5 Å². The SMILES string of the molecule is CCc1cc(F)c(O)c(-c2cnn(C)c2N)c1. The van der Waals surface area contributed by atoms with Crippen LogP contribution in [0.2, 0.25) is 0 Å². The van der Waals surface area contributed by atoms with E-state index in [2.05, 4.69) is 5.10 Å². The van der Waals surface area contributed by atoms with Gasteiger partial charge in [0.1, 0.15) is 5.82 Å². The maximum absolute atomic E-state index is 13.5. The summed E-state index contributed by atoms with van der Waals surface area (Å²) < 4.78 is 15.0. The molecule has 4 nitrogen and oxygen atoms in total. The Morgan fingerprint density at radius 1 is 1.41 bits per heavy atom. The third kappa shape index (κ3) is 1.84. The first-order chi connectivity index (χ1) is 8.04. The summed E-state index contributed by atoms with van der Waals surface area (Å²) >= 11 is 0. The number of aromatic hydroxyl groups is 1. The van der Waals surface area contributed by atoms with Gasteiger partial charge < -0.3 is 10.8 Å². The van der Waals surface area contributed by atoms with E-state index in [4.69, 9.17) is 5.73 Å². The third-order valence-electron chi connectivity index (χ3n) is 2.81. The van der Waals surface area contributed by atoms with E-state index in [-0.39, 0.29) is 5.75 Å². The summed E-state index contributed by atoms with van der Waals surface area (Å²) in [5.41, 5.74) is 7.54. The fraction of sp³-hybridized carbons (Fsp3) is 0.250. The number of rotatable bonds is 2. The Bertz CT molecular complexity index is 563. The van der Waals surface area contributed by atoms with Gasteiger partial charge in [0.15, 0.2) is 11.6 Å². The number of nitrogens with two attached hydrogens (primary N) is 1. The van der Waals surface area contributed by atoms with Gasteiger partial charge in [-0.3, -0.25) is 4.68 Å². The molecule has 0 atom stereocenters. The number of hydrogen-bond donors (Lipinski definition) is 2. The van der Waals surface area contributed by atoms with E-state index in [0.29, 0.717) is 23.4 Å². The number of phenols is 1. The molecule has 0 unspecified atom stereocenters. The number of aryl methyl sites for hydroxylation is 2. The van der Waals surface area contributed by atoms with Crippen LogP contribution in [0.25, 0.3) is 11.1 Å². The zero-order valence-corrected chi connectivity index (χ0v) is 9.74. The Hall–Kier alpha value is -2.04. The molecule has 0 radical (unpaired) electrons. The maximum Gasteiger partial charge on any atom is 0.165 e. The van der Waals surface area contributed by atoms with Crippen molar-refractivity contribution in [1.82, 2.24) is 9.78 Å². The van der Waals surface area contributed by atoms with Crippen LogP contribution in [0.5, 0.6) is 5.75 Å². The van der Waals surface area contributed by atoms with Gasteiger partial charge in [0.25, 0.3) is 0 Å². The average molecular weight is 235 g/mol. The second-order valence-electron chi connectivity index (χ2n) is 3.89. The molecule has 0 amide bonds. The van der Waals surface area contributed by atoms with Crippen molar-refractivity contribution in [3.8, 4) is 16.9 Å². The lowest BCUT2D eigenvalue weighted by atomic mass is 10.0. The van der Waals surface area contributed by atoms with Crippen LogP contribution in [0.3, 0.4) is 0 Å². The Labute approximate surface area is 98.5 Å². The van der Waals surface area contributed by atoms with Crippen molar-refractivity contribution in [2.75, 3.05) is 5.73 Å². The predicted molar refractivity (Wildman–Crippen MR) is 64.1 cm³/mol. The molecule has 2 rings (SSSR count). The smallest absolute Gasteiger partial charge is 0.165 e. The average Bonchev–Trinajstić information content (AvgIpc) is 2.64. The lowest BCUT2D eigenvalue weighted by Crippen LogP contribution is -1.98. The molecule has 5 heteroatoms. The van der Waals surface area contributed by atoms with E-state index < -0.39 is 5.82 Å². The summed E-state index contributed by atoms with van der Waals surface area (Å²) in [5.74, 6) is -0.627. The molecular weight excluding hydrogens is 221 g/mol. The summed E-state index contributed by atoms with van der Waals surface area (Å²) in [6, 6.07) is 3.05. The number of halogens is 1. The zero-order chi connectivity index (χ0) is 12.6. The molecule has 0 fully saturated rings. The van der Waals surface area contributed by atoms with Crippen molar-refractivity contribution in [3.63, 3.8) is 0 Å². The highest BCUT2D eigenvalue weighted by molar-refractivity contribution is 5.78. The minimum Gasteiger partial charge on any atom is -0.504 e. The molecule has 0 saturated carbocycles. The maximum atomic E-state index is 13.5. The summed E-state index contributed by atoms with van der Waals surface area (Å²) in [4.78, 5) is 0. The normalized spacial score (nSPS) is 10.8. The molecular formula is C12H14FN3O. The third-order valence-corrected chi connectivity index (χ3v) is 2.81. The second kappa shape index (κ2) is 4.08. The Balaban J connectivity index is 2.66. The molecule has 1 heterocycles. The first-order valence-electron chi connectivity index (χ1n) is 5.33. The zero-order valence-electron chi connectivity index (χ0n) is 9.74. The molecule has 0 bridgehead atoms. The van der Waals surface area contributed by atoms with E-state index in [1.165, 1.54) is 16.9 Å². The number of nitrogen functional groups attached to an aromatic ring is 1. The van der Waals surface area contributed by atoms with Crippen LogP contribution < -0.4 is 5.73 Å². The van der Waals surface area contributed by atoms with Crippen LogP contribution >= 0.6 is 0 Å². The van der Waals surface area contributed by atoms with Crippen molar-refractivity contribution in [2.45, 2.75) is 13.3 Å². The minimum absolute atomic E-state index is 0.382. The van der Waals surface area contributed by atoms with E-state index >= 15 is 0 Å². The van der Waals surface area contributed by atoms with Crippen molar-refractivity contribution >= 4 is 5.82 Å². The van der Waals surface area contributed by atoms with Crippen molar-refractivity contribution in [3.05, 3.63) is 29.7 Å². The van der Waals surface area contributed by atoms with Crippen LogP contribution in [0.1, 0.15) is 12.5 Å². The molecule has 90 valence electrons. The van der Waals surface area contributed by atoms with Gasteiger partial charge in [-0.25, -0.2) is 4.39 Å². The monoisotopic (exact) mass is 235 g/mol. The Morgan fingerprint density at radius 3 is 2.65 bits per heavy atom. The number of nitrogens with zero attached hydrogens (tertiary/aromatic N) is 2. The second-order valence-corrected chi connectivity index (χ2v) is 3.89. The lowest BCUT2D eigenvalue weighted by molar-refractivity contribution is 0.434. The van der Waals surface area contributed by atoms with Crippen molar-refractivity contribution in [1.29, 1.82) is 0 Å². The highest BCUT2D eigenvalue weighted by Gasteiger charge is 2.15. The summed E-state index contributed by atoms with van der Waals surface area (Å²) in [5, 5.41) is 13.7. The fourth-order valence-electron chi connectivity index (χ4n) is 1.72. The van der Waals surface area contributed by atoms with E-state index in [9.17, 15) is 9.50 Å².